The third-order valence-corrected chi connectivity index (χ3v) is 3.21. The number of amides is 2. The molecular weight excluding hydrogens is 230 g/mol. The zero-order valence-electron chi connectivity index (χ0n) is 10.6. The van der Waals surface area contributed by atoms with Crippen LogP contribution in [0.25, 0.3) is 0 Å². The molecule has 0 unspecified atom stereocenters. The summed E-state index contributed by atoms with van der Waals surface area (Å²) in [6.45, 7) is 4.09. The number of carbonyl (C=O) groups excluding carboxylic acids is 1. The van der Waals surface area contributed by atoms with E-state index < -0.39 is 0 Å². The van der Waals surface area contributed by atoms with E-state index in [2.05, 4.69) is 15.3 Å². The molecule has 6 nitrogen and oxygen atoms in total. The Morgan fingerprint density at radius 1 is 1.44 bits per heavy atom. The maximum Gasteiger partial charge on any atom is 0.314 e. The average Bonchev–Trinajstić information content (AvgIpc) is 2.38. The number of nitrogens with one attached hydrogen (secondary N) is 1. The second-order valence-corrected chi connectivity index (χ2v) is 4.63. The summed E-state index contributed by atoms with van der Waals surface area (Å²) >= 11 is 0. The smallest absolute Gasteiger partial charge is 0.314 e. The number of hydrogen-bond donors (Lipinski definition) is 2. The van der Waals surface area contributed by atoms with E-state index in [0.29, 0.717) is 12.6 Å². The van der Waals surface area contributed by atoms with Crippen LogP contribution in [0.1, 0.15) is 24.2 Å². The van der Waals surface area contributed by atoms with Crippen molar-refractivity contribution in [3.05, 3.63) is 23.8 Å². The highest BCUT2D eigenvalue weighted by atomic mass is 16.2. The zero-order chi connectivity index (χ0) is 13.0. The maximum absolute atomic E-state index is 11.0. The van der Waals surface area contributed by atoms with Gasteiger partial charge >= 0.3 is 6.03 Å². The highest BCUT2D eigenvalue weighted by Crippen LogP contribution is 2.10. The van der Waals surface area contributed by atoms with E-state index in [1.807, 2.05) is 6.92 Å². The lowest BCUT2D eigenvalue weighted by Gasteiger charge is -2.31. The van der Waals surface area contributed by atoms with E-state index in [4.69, 9.17) is 5.73 Å². The Morgan fingerprint density at radius 3 is 2.72 bits per heavy atom. The van der Waals surface area contributed by atoms with Gasteiger partial charge in [0.25, 0.3) is 0 Å². The molecule has 18 heavy (non-hydrogen) atoms. The first-order chi connectivity index (χ1) is 8.65. The van der Waals surface area contributed by atoms with Gasteiger partial charge in [0.2, 0.25) is 0 Å². The van der Waals surface area contributed by atoms with E-state index >= 15 is 0 Å². The standard InChI is InChI=1S/C12H19N5O/c1-9-6-15-11(7-14-9)8-16-10-2-4-17(5-3-10)12(13)18/h6-7,10,16H,2-5,8H2,1H3,(H2,13,18). The topological polar surface area (TPSA) is 84.1 Å². The molecule has 1 aliphatic rings. The molecule has 2 rings (SSSR count). The van der Waals surface area contributed by atoms with Gasteiger partial charge in [-0.25, -0.2) is 4.79 Å². The van der Waals surface area contributed by atoms with Crippen LogP contribution in [-0.2, 0) is 6.54 Å². The van der Waals surface area contributed by atoms with Crippen molar-refractivity contribution in [2.45, 2.75) is 32.4 Å². The molecular formula is C12H19N5O. The van der Waals surface area contributed by atoms with Crippen molar-refractivity contribution in [2.75, 3.05) is 13.1 Å². The lowest BCUT2D eigenvalue weighted by Crippen LogP contribution is -2.46. The van der Waals surface area contributed by atoms with Crippen LogP contribution in [0.4, 0.5) is 4.79 Å². The van der Waals surface area contributed by atoms with E-state index in [-0.39, 0.29) is 6.03 Å². The number of primary amides is 1. The van der Waals surface area contributed by atoms with Crippen LogP contribution in [-0.4, -0.2) is 40.0 Å². The number of urea groups is 1. The molecule has 1 fully saturated rings. The highest BCUT2D eigenvalue weighted by molar-refractivity contribution is 5.72. The van der Waals surface area contributed by atoms with Gasteiger partial charge in [-0.2, -0.15) is 0 Å². The van der Waals surface area contributed by atoms with E-state index in [9.17, 15) is 4.79 Å². The molecule has 3 N–H and O–H groups in total. The van der Waals surface area contributed by atoms with Crippen LogP contribution in [0.5, 0.6) is 0 Å². The van der Waals surface area contributed by atoms with Gasteiger partial charge in [-0.1, -0.05) is 0 Å². The van der Waals surface area contributed by atoms with Gasteiger partial charge in [-0.05, 0) is 19.8 Å². The third kappa shape index (κ3) is 3.40. The SMILES string of the molecule is Cc1cnc(CNC2CCN(C(N)=O)CC2)cn1. The molecule has 0 atom stereocenters. The lowest BCUT2D eigenvalue weighted by molar-refractivity contribution is 0.185. The largest absolute Gasteiger partial charge is 0.351 e. The van der Waals surface area contributed by atoms with Gasteiger partial charge in [-0.15, -0.1) is 0 Å². The Hall–Kier alpha value is -1.69. The predicted octanol–water partition coefficient (Wildman–Crippen LogP) is 0.418. The molecule has 2 heterocycles. The third-order valence-electron chi connectivity index (χ3n) is 3.21. The summed E-state index contributed by atoms with van der Waals surface area (Å²) in [5.74, 6) is 0. The van der Waals surface area contributed by atoms with Gasteiger partial charge in [0.1, 0.15) is 0 Å². The van der Waals surface area contributed by atoms with Gasteiger partial charge in [-0.3, -0.25) is 9.97 Å². The predicted molar refractivity (Wildman–Crippen MR) is 67.8 cm³/mol. The summed E-state index contributed by atoms with van der Waals surface area (Å²) < 4.78 is 0. The van der Waals surface area contributed by atoms with Crippen molar-refractivity contribution in [1.29, 1.82) is 0 Å². The van der Waals surface area contributed by atoms with Gasteiger partial charge < -0.3 is 16.0 Å². The number of carbonyl (C=O) groups is 1. The molecule has 0 bridgehead atoms. The zero-order valence-corrected chi connectivity index (χ0v) is 10.6. The van der Waals surface area contributed by atoms with Crippen molar-refractivity contribution in [3.63, 3.8) is 0 Å². The minimum atomic E-state index is -0.321. The maximum atomic E-state index is 11.0. The Labute approximate surface area is 107 Å². The fraction of sp³-hybridized carbons (Fsp3) is 0.583. The molecule has 1 aromatic rings. The summed E-state index contributed by atoms with van der Waals surface area (Å²) in [6.07, 6.45) is 5.43. The summed E-state index contributed by atoms with van der Waals surface area (Å²) in [7, 11) is 0. The van der Waals surface area contributed by atoms with E-state index in [1.54, 1.807) is 17.3 Å². The van der Waals surface area contributed by atoms with Crippen LogP contribution in [0.15, 0.2) is 12.4 Å². The molecule has 6 heteroatoms. The highest BCUT2D eigenvalue weighted by Gasteiger charge is 2.20. The molecule has 2 amide bonds. The van der Waals surface area contributed by atoms with Crippen molar-refractivity contribution in [2.24, 2.45) is 5.73 Å². The number of aromatic nitrogens is 2. The van der Waals surface area contributed by atoms with Crippen LogP contribution in [0.3, 0.4) is 0 Å². The second kappa shape index (κ2) is 5.77. The summed E-state index contributed by atoms with van der Waals surface area (Å²) in [4.78, 5) is 21.2. The fourth-order valence-electron chi connectivity index (χ4n) is 2.06. The first-order valence-electron chi connectivity index (χ1n) is 6.20. The molecule has 0 aliphatic carbocycles. The minimum Gasteiger partial charge on any atom is -0.351 e. The van der Waals surface area contributed by atoms with Crippen LogP contribution < -0.4 is 11.1 Å². The Kier molecular flexibility index (Phi) is 4.09. The van der Waals surface area contributed by atoms with Crippen molar-refractivity contribution >= 4 is 6.03 Å². The second-order valence-electron chi connectivity index (χ2n) is 4.63. The molecule has 0 saturated carbocycles. The molecule has 0 radical (unpaired) electrons. The monoisotopic (exact) mass is 249 g/mol. The van der Waals surface area contributed by atoms with Crippen LogP contribution in [0, 0.1) is 6.92 Å². The van der Waals surface area contributed by atoms with Crippen molar-refractivity contribution in [1.82, 2.24) is 20.2 Å². The Morgan fingerprint density at radius 2 is 2.17 bits per heavy atom. The van der Waals surface area contributed by atoms with Crippen molar-refractivity contribution in [3.8, 4) is 0 Å². The summed E-state index contributed by atoms with van der Waals surface area (Å²) in [5.41, 5.74) is 7.11. The minimum absolute atomic E-state index is 0.321. The van der Waals surface area contributed by atoms with Gasteiger partial charge in [0.05, 0.1) is 11.4 Å². The Balaban J connectivity index is 1.75. The number of piperidine rings is 1. The molecule has 1 aliphatic heterocycles. The molecule has 0 aromatic carbocycles. The van der Waals surface area contributed by atoms with E-state index in [0.717, 1.165) is 37.3 Å². The van der Waals surface area contributed by atoms with Crippen LogP contribution in [0.2, 0.25) is 0 Å². The van der Waals surface area contributed by atoms with E-state index in [1.165, 1.54) is 0 Å². The van der Waals surface area contributed by atoms with Gasteiger partial charge in [0.15, 0.2) is 0 Å². The quantitative estimate of drug-likeness (QED) is 0.813. The van der Waals surface area contributed by atoms with Crippen molar-refractivity contribution < 1.29 is 4.79 Å². The first kappa shape index (κ1) is 12.8. The number of hydrogen-bond acceptors (Lipinski definition) is 4. The summed E-state index contributed by atoms with van der Waals surface area (Å²) in [6, 6.07) is 0.0987. The molecule has 98 valence electrons. The number of likely N-dealkylation sites (tertiary alicyclic amines) is 1. The van der Waals surface area contributed by atoms with Crippen LogP contribution >= 0.6 is 0 Å². The summed E-state index contributed by atoms with van der Waals surface area (Å²) in [5, 5.41) is 3.44. The number of aryl methyl sites for hydroxylation is 1. The molecule has 0 spiro atoms. The molecule has 1 saturated heterocycles. The number of nitrogens with two attached hydrogens (primary N) is 1. The molecule has 1 aromatic heterocycles. The lowest BCUT2D eigenvalue weighted by atomic mass is 10.1. The first-order valence-corrected chi connectivity index (χ1v) is 6.20. The normalized spacial score (nSPS) is 16.8. The number of nitrogens with zero attached hydrogens (tertiary/aromatic N) is 3. The average molecular weight is 249 g/mol. The van der Waals surface area contributed by atoms with Gasteiger partial charge in [0, 0.05) is 38.1 Å². The fourth-order valence-corrected chi connectivity index (χ4v) is 2.06. The Bertz CT molecular complexity index is 397. The number of rotatable bonds is 3.